The highest BCUT2D eigenvalue weighted by molar-refractivity contribution is 5.77. The number of hydrogen-bond acceptors (Lipinski definition) is 7. The van der Waals surface area contributed by atoms with Crippen LogP contribution in [0.3, 0.4) is 0 Å². The van der Waals surface area contributed by atoms with Crippen molar-refractivity contribution in [2.75, 3.05) is 53.0 Å². The Balaban J connectivity index is 1.40. The second-order valence-electron chi connectivity index (χ2n) is 6.57. The number of nitrogens with zero attached hydrogens (tertiary/aromatic N) is 4. The monoisotopic (exact) mass is 337 g/mol. The normalized spacial score (nSPS) is 20.0. The molecule has 1 saturated heterocycles. The molecule has 2 aliphatic rings. The van der Waals surface area contributed by atoms with Gasteiger partial charge in [-0.1, -0.05) is 5.16 Å². The van der Waals surface area contributed by atoms with Crippen LogP contribution in [0.1, 0.15) is 36.9 Å². The van der Waals surface area contributed by atoms with Crippen molar-refractivity contribution >= 4 is 5.91 Å². The average Bonchev–Trinajstić information content (AvgIpc) is 3.34. The summed E-state index contributed by atoms with van der Waals surface area (Å²) >= 11 is 0. The van der Waals surface area contributed by atoms with E-state index in [1.807, 2.05) is 0 Å². The first-order chi connectivity index (χ1) is 11.7. The summed E-state index contributed by atoms with van der Waals surface area (Å²) in [6.07, 6.45) is 3.39. The average molecular weight is 337 g/mol. The third-order valence-electron chi connectivity index (χ3n) is 4.45. The summed E-state index contributed by atoms with van der Waals surface area (Å²) in [5, 5.41) is 6.96. The standard InChI is InChI=1S/C16H27N5O3/c1-23-10-5-17-15(22)12-21-7-2-6-20(8-9-21)11-14-18-16(24-19-14)13-3-4-13/h13H,2-12H2,1H3,(H,17,22). The van der Waals surface area contributed by atoms with E-state index in [4.69, 9.17) is 9.26 Å². The minimum Gasteiger partial charge on any atom is -0.383 e. The van der Waals surface area contributed by atoms with Crippen LogP contribution < -0.4 is 5.32 Å². The molecule has 0 aromatic carbocycles. The lowest BCUT2D eigenvalue weighted by molar-refractivity contribution is -0.122. The molecule has 1 aliphatic carbocycles. The molecular formula is C16H27N5O3. The van der Waals surface area contributed by atoms with E-state index in [0.717, 1.165) is 50.9 Å². The molecule has 134 valence electrons. The molecule has 1 N–H and O–H groups in total. The minimum absolute atomic E-state index is 0.0627. The molecule has 2 heterocycles. The molecule has 1 saturated carbocycles. The molecule has 0 unspecified atom stereocenters. The molecule has 0 atom stereocenters. The van der Waals surface area contributed by atoms with Gasteiger partial charge in [-0.25, -0.2) is 0 Å². The Morgan fingerprint density at radius 2 is 2.08 bits per heavy atom. The zero-order valence-corrected chi connectivity index (χ0v) is 14.4. The van der Waals surface area contributed by atoms with Crippen molar-refractivity contribution in [2.24, 2.45) is 0 Å². The molecule has 0 radical (unpaired) electrons. The molecule has 2 fully saturated rings. The van der Waals surface area contributed by atoms with E-state index >= 15 is 0 Å². The fourth-order valence-corrected chi connectivity index (χ4v) is 2.92. The van der Waals surface area contributed by atoms with Gasteiger partial charge in [0.25, 0.3) is 0 Å². The molecule has 24 heavy (non-hydrogen) atoms. The highest BCUT2D eigenvalue weighted by atomic mass is 16.5. The summed E-state index contributed by atoms with van der Waals surface area (Å²) in [4.78, 5) is 20.9. The third kappa shape index (κ3) is 5.25. The second-order valence-corrected chi connectivity index (χ2v) is 6.57. The fraction of sp³-hybridized carbons (Fsp3) is 0.812. The SMILES string of the molecule is COCCNC(=O)CN1CCCN(Cc2noc(C3CC3)n2)CC1. The van der Waals surface area contributed by atoms with Gasteiger partial charge in [0.05, 0.1) is 19.7 Å². The second kappa shape index (κ2) is 8.55. The first kappa shape index (κ1) is 17.3. The molecule has 1 aromatic rings. The molecule has 3 rings (SSSR count). The quantitative estimate of drug-likeness (QED) is 0.679. The Hall–Kier alpha value is -1.51. The maximum atomic E-state index is 11.9. The van der Waals surface area contributed by atoms with Crippen LogP contribution >= 0.6 is 0 Å². The zero-order valence-electron chi connectivity index (χ0n) is 14.4. The molecule has 8 heteroatoms. The van der Waals surface area contributed by atoms with Crippen molar-refractivity contribution in [3.05, 3.63) is 11.7 Å². The van der Waals surface area contributed by atoms with Gasteiger partial charge in [-0.2, -0.15) is 4.98 Å². The maximum Gasteiger partial charge on any atom is 0.234 e. The van der Waals surface area contributed by atoms with Crippen LogP contribution in [0.2, 0.25) is 0 Å². The Morgan fingerprint density at radius 1 is 1.29 bits per heavy atom. The van der Waals surface area contributed by atoms with E-state index in [1.54, 1.807) is 7.11 Å². The molecule has 1 amide bonds. The topological polar surface area (TPSA) is 83.7 Å². The van der Waals surface area contributed by atoms with Gasteiger partial charge in [-0.15, -0.1) is 0 Å². The Labute approximate surface area is 142 Å². The highest BCUT2D eigenvalue weighted by Crippen LogP contribution is 2.38. The van der Waals surface area contributed by atoms with Gasteiger partial charge in [-0.3, -0.25) is 14.6 Å². The van der Waals surface area contributed by atoms with Crippen molar-refractivity contribution < 1.29 is 14.1 Å². The highest BCUT2D eigenvalue weighted by Gasteiger charge is 2.30. The van der Waals surface area contributed by atoms with Gasteiger partial charge in [0.2, 0.25) is 11.8 Å². The molecule has 0 bridgehead atoms. The number of carbonyl (C=O) groups excluding carboxylic acids is 1. The van der Waals surface area contributed by atoms with Crippen molar-refractivity contribution in [3.63, 3.8) is 0 Å². The van der Waals surface area contributed by atoms with Gasteiger partial charge >= 0.3 is 0 Å². The predicted octanol–water partition coefficient (Wildman–Crippen LogP) is 0.217. The van der Waals surface area contributed by atoms with Crippen LogP contribution in [0.5, 0.6) is 0 Å². The first-order valence-corrected chi connectivity index (χ1v) is 8.77. The first-order valence-electron chi connectivity index (χ1n) is 8.77. The van der Waals surface area contributed by atoms with Crippen molar-refractivity contribution in [1.29, 1.82) is 0 Å². The van der Waals surface area contributed by atoms with E-state index < -0.39 is 0 Å². The number of rotatable bonds is 8. The Morgan fingerprint density at radius 3 is 2.88 bits per heavy atom. The van der Waals surface area contributed by atoms with Crippen LogP contribution in [-0.4, -0.2) is 78.8 Å². The van der Waals surface area contributed by atoms with Crippen LogP contribution in [0.25, 0.3) is 0 Å². The molecule has 1 aliphatic heterocycles. The van der Waals surface area contributed by atoms with Crippen molar-refractivity contribution in [3.8, 4) is 0 Å². The number of aromatic nitrogens is 2. The predicted molar refractivity (Wildman–Crippen MR) is 87.5 cm³/mol. The van der Waals surface area contributed by atoms with Gasteiger partial charge in [0.15, 0.2) is 5.82 Å². The number of amides is 1. The lowest BCUT2D eigenvalue weighted by atomic mass is 10.3. The lowest BCUT2D eigenvalue weighted by Crippen LogP contribution is -2.40. The number of hydrogen-bond donors (Lipinski definition) is 1. The number of ether oxygens (including phenoxy) is 1. The number of carbonyl (C=O) groups is 1. The summed E-state index contributed by atoms with van der Waals surface area (Å²) < 4.78 is 10.3. The zero-order chi connectivity index (χ0) is 16.8. The molecule has 0 spiro atoms. The summed E-state index contributed by atoms with van der Waals surface area (Å²) in [7, 11) is 1.63. The largest absolute Gasteiger partial charge is 0.383 e. The van der Waals surface area contributed by atoms with Gasteiger partial charge in [0.1, 0.15) is 0 Å². The number of nitrogens with one attached hydrogen (secondary N) is 1. The fourth-order valence-electron chi connectivity index (χ4n) is 2.92. The summed E-state index contributed by atoms with van der Waals surface area (Å²) in [5.41, 5.74) is 0. The van der Waals surface area contributed by atoms with Crippen molar-refractivity contribution in [2.45, 2.75) is 31.7 Å². The van der Waals surface area contributed by atoms with E-state index in [2.05, 4.69) is 25.3 Å². The lowest BCUT2D eigenvalue weighted by Gasteiger charge is -2.20. The van der Waals surface area contributed by atoms with Crippen LogP contribution in [0.4, 0.5) is 0 Å². The van der Waals surface area contributed by atoms with E-state index in [1.165, 1.54) is 12.8 Å². The number of methoxy groups -OCH3 is 1. The van der Waals surface area contributed by atoms with Gasteiger partial charge in [-0.05, 0) is 32.4 Å². The van der Waals surface area contributed by atoms with Crippen LogP contribution in [0, 0.1) is 0 Å². The minimum atomic E-state index is 0.0627. The summed E-state index contributed by atoms with van der Waals surface area (Å²) in [6.45, 7) is 6.02. The van der Waals surface area contributed by atoms with E-state index in [9.17, 15) is 4.79 Å². The summed E-state index contributed by atoms with van der Waals surface area (Å²) in [5.74, 6) is 2.15. The smallest absolute Gasteiger partial charge is 0.234 e. The van der Waals surface area contributed by atoms with Crippen molar-refractivity contribution in [1.82, 2.24) is 25.3 Å². The van der Waals surface area contributed by atoms with E-state index in [0.29, 0.717) is 25.6 Å². The van der Waals surface area contributed by atoms with Crippen LogP contribution in [0.15, 0.2) is 4.52 Å². The molecule has 1 aromatic heterocycles. The molecule has 8 nitrogen and oxygen atoms in total. The van der Waals surface area contributed by atoms with Crippen LogP contribution in [-0.2, 0) is 16.1 Å². The maximum absolute atomic E-state index is 11.9. The van der Waals surface area contributed by atoms with Gasteiger partial charge in [0, 0.05) is 32.7 Å². The summed E-state index contributed by atoms with van der Waals surface area (Å²) in [6, 6.07) is 0. The van der Waals surface area contributed by atoms with Gasteiger partial charge < -0.3 is 14.6 Å². The van der Waals surface area contributed by atoms with E-state index in [-0.39, 0.29) is 5.91 Å². The Bertz CT molecular complexity index is 532. The molecular weight excluding hydrogens is 310 g/mol. The third-order valence-corrected chi connectivity index (χ3v) is 4.45. The Kier molecular flexibility index (Phi) is 6.17.